The zero-order chi connectivity index (χ0) is 64.1. The molecule has 0 aliphatic heterocycles. The highest BCUT2D eigenvalue weighted by molar-refractivity contribution is 5.96. The second-order valence-electron chi connectivity index (χ2n) is 22.0. The Morgan fingerprint density at radius 3 is 1.24 bits per heavy atom. The predicted octanol–water partition coefficient (Wildman–Crippen LogP) is 8.50. The Morgan fingerprint density at radius 2 is 0.795 bits per heavy atom. The van der Waals surface area contributed by atoms with E-state index in [1.807, 2.05) is 0 Å². The second-order valence-corrected chi connectivity index (χ2v) is 22.0. The van der Waals surface area contributed by atoms with Crippen molar-refractivity contribution in [1.29, 1.82) is 0 Å². The third kappa shape index (κ3) is 23.3. The molecule has 3 saturated carbocycles. The number of esters is 10. The van der Waals surface area contributed by atoms with Crippen LogP contribution in [0.2, 0.25) is 0 Å². The van der Waals surface area contributed by atoms with Crippen molar-refractivity contribution in [2.75, 3.05) is 52.9 Å². The number of ether oxygens (including phenoxy) is 10. The maximum absolute atomic E-state index is 13.9. The number of carbonyl (C=O) groups excluding carboxylic acids is 12. The van der Waals surface area contributed by atoms with Crippen molar-refractivity contribution < 1.29 is 105 Å². The van der Waals surface area contributed by atoms with Gasteiger partial charge < -0.3 is 47.4 Å². The van der Waals surface area contributed by atoms with Crippen LogP contribution in [-0.2, 0) is 98.7 Å². The van der Waals surface area contributed by atoms with E-state index < -0.39 is 77.3 Å². The van der Waals surface area contributed by atoms with Gasteiger partial charge in [0.05, 0.1) is 55.7 Å². The molecule has 0 radical (unpaired) electrons. The van der Waals surface area contributed by atoms with E-state index in [0.29, 0.717) is 101 Å². The van der Waals surface area contributed by atoms with Crippen molar-refractivity contribution in [1.82, 2.24) is 0 Å². The maximum atomic E-state index is 13.9. The van der Waals surface area contributed by atoms with Crippen molar-refractivity contribution in [3.63, 3.8) is 0 Å². The summed E-state index contributed by atoms with van der Waals surface area (Å²) in [5.41, 5.74) is 0.826. The minimum Gasteiger partial charge on any atom is -0.465 e. The molecular formula is C66H80O22. The fourth-order valence-electron chi connectivity index (χ4n) is 10.2. The number of benzene rings is 2. The smallest absolute Gasteiger partial charge is 0.342 e. The zero-order valence-corrected chi connectivity index (χ0v) is 50.3. The van der Waals surface area contributed by atoms with Crippen LogP contribution in [0.5, 0.6) is 11.5 Å². The predicted molar refractivity (Wildman–Crippen MR) is 313 cm³/mol. The average Bonchev–Trinajstić information content (AvgIpc) is 3.05. The Morgan fingerprint density at radius 1 is 0.409 bits per heavy atom. The summed E-state index contributed by atoms with van der Waals surface area (Å²) in [5, 5.41) is 0. The first-order valence-electron chi connectivity index (χ1n) is 29.8. The molecule has 3 aliphatic rings. The van der Waals surface area contributed by atoms with Gasteiger partial charge in [0.15, 0.2) is 0 Å². The van der Waals surface area contributed by atoms with Crippen LogP contribution in [0.4, 0.5) is 0 Å². The van der Waals surface area contributed by atoms with Gasteiger partial charge in [0.1, 0.15) is 55.1 Å². The number of ketones is 2. The molecule has 3 fully saturated rings. The van der Waals surface area contributed by atoms with E-state index in [-0.39, 0.29) is 142 Å². The first-order chi connectivity index (χ1) is 42.2. The quantitative estimate of drug-likeness (QED) is 0.0208. The van der Waals surface area contributed by atoms with Crippen molar-refractivity contribution in [2.45, 2.75) is 129 Å². The molecule has 0 spiro atoms. The van der Waals surface area contributed by atoms with E-state index in [9.17, 15) is 57.5 Å². The van der Waals surface area contributed by atoms with E-state index in [1.165, 1.54) is 44.2 Å². The minimum atomic E-state index is -0.908. The number of rotatable bonds is 34. The van der Waals surface area contributed by atoms with Crippen LogP contribution >= 0.6 is 0 Å². The summed E-state index contributed by atoms with van der Waals surface area (Å²) in [6.07, 6.45) is 8.18. The Kier molecular flexibility index (Phi) is 29.2. The summed E-state index contributed by atoms with van der Waals surface area (Å²) in [7, 11) is 0. The molecule has 88 heavy (non-hydrogen) atoms. The highest BCUT2D eigenvalue weighted by Crippen LogP contribution is 2.36. The van der Waals surface area contributed by atoms with Crippen molar-refractivity contribution in [3.05, 3.63) is 108 Å². The van der Waals surface area contributed by atoms with Crippen LogP contribution in [-0.4, -0.2) is 124 Å². The summed E-state index contributed by atoms with van der Waals surface area (Å²) in [6.45, 7) is 16.1. The zero-order valence-electron chi connectivity index (χ0n) is 50.3. The van der Waals surface area contributed by atoms with E-state index in [1.54, 1.807) is 6.07 Å². The molecule has 0 atom stereocenters. The van der Waals surface area contributed by atoms with Crippen LogP contribution in [0.15, 0.2) is 86.0 Å². The molecule has 0 unspecified atom stereocenters. The number of unbranched alkanes of at least 4 members (excludes halogenated alkanes) is 2. The monoisotopic (exact) mass is 1220 g/mol. The topological polar surface area (TPSA) is 297 Å². The van der Waals surface area contributed by atoms with Gasteiger partial charge in [-0.1, -0.05) is 38.4 Å². The lowest BCUT2D eigenvalue weighted by Gasteiger charge is -2.27. The molecule has 2 aromatic carbocycles. The molecule has 0 heterocycles. The Bertz CT molecular complexity index is 2700. The van der Waals surface area contributed by atoms with Gasteiger partial charge in [-0.2, -0.15) is 0 Å². The van der Waals surface area contributed by atoms with E-state index >= 15 is 0 Å². The summed E-state index contributed by atoms with van der Waals surface area (Å²) >= 11 is 0. The molecule has 3 aliphatic carbocycles. The minimum absolute atomic E-state index is 0.00810. The van der Waals surface area contributed by atoms with Gasteiger partial charge in [-0.3, -0.25) is 28.8 Å². The fourth-order valence-corrected chi connectivity index (χ4v) is 10.2. The van der Waals surface area contributed by atoms with Crippen LogP contribution in [0.1, 0.15) is 148 Å². The van der Waals surface area contributed by atoms with Gasteiger partial charge >= 0.3 is 59.7 Å². The lowest BCUT2D eigenvalue weighted by Crippen LogP contribution is -2.30. The Labute approximate surface area is 511 Å². The lowest BCUT2D eigenvalue weighted by molar-refractivity contribution is -0.152. The molecule has 0 amide bonds. The molecule has 22 heteroatoms. The normalized spacial score (nSPS) is 18.7. The SMILES string of the molecule is C=CC(=O)OCCCCOC(=O)C1CCC(C(=O)Cc2ccc(OC(=O)C3CCC(C(=O)Cc4ccc(OC(=O)C5CCC(C(=O)OCCCCOC(=O)C=C)CC5)c(C(=O)OCCOC(=O)C(=C)C)c4)CC3)cc2C(=O)OCCOC(=O)C(=C)C)CC1. The molecular weight excluding hydrogens is 1140 g/mol. The third-order valence-electron chi connectivity index (χ3n) is 15.3. The maximum Gasteiger partial charge on any atom is 0.342 e. The van der Waals surface area contributed by atoms with E-state index in [0.717, 1.165) is 12.2 Å². The molecule has 2 aromatic rings. The first-order valence-corrected chi connectivity index (χ1v) is 29.8. The van der Waals surface area contributed by atoms with E-state index in [4.69, 9.17) is 47.4 Å². The van der Waals surface area contributed by atoms with Crippen LogP contribution in [0.3, 0.4) is 0 Å². The number of Topliss-reactive ketones (excluding diaryl/α,β-unsaturated/α-hetero) is 2. The number of carbonyl (C=O) groups is 12. The van der Waals surface area contributed by atoms with E-state index in [2.05, 4.69) is 26.3 Å². The van der Waals surface area contributed by atoms with Crippen LogP contribution < -0.4 is 9.47 Å². The molecule has 22 nitrogen and oxygen atoms in total. The standard InChI is InChI=1S/C66H80O22/c1-7-57(69)79-29-9-11-31-81-61(73)46-18-14-45(15-19-46)55(68)39-50-26-27-51(40-52(50)65(77)85-35-33-83-59(71)41(3)4)87-63(75)48-20-16-44(17-21-48)54(67)38-43-13-28-56(53(37-43)66(78)86-36-34-84-60(72)42(5)6)88-64(76)49-24-22-47(23-25-49)62(74)82-32-12-10-30-80-58(70)8-2/h7-8,13,26-28,37,40,44-49H,1-3,5,9-12,14-25,29-36,38-39H2,4,6H3. The second kappa shape index (κ2) is 36.6. The third-order valence-corrected chi connectivity index (χ3v) is 15.3. The van der Waals surface area contributed by atoms with Gasteiger partial charge in [-0.15, -0.1) is 0 Å². The lowest BCUT2D eigenvalue weighted by atomic mass is 9.78. The first kappa shape index (κ1) is 70.2. The Hall–Kier alpha value is -8.56. The summed E-state index contributed by atoms with van der Waals surface area (Å²) in [4.78, 5) is 154. The van der Waals surface area contributed by atoms with Gasteiger partial charge in [0.25, 0.3) is 0 Å². The average molecular weight is 1230 g/mol. The Balaban J connectivity index is 1.16. The van der Waals surface area contributed by atoms with Gasteiger partial charge in [-0.05, 0) is 152 Å². The van der Waals surface area contributed by atoms with Crippen molar-refractivity contribution in [2.24, 2.45) is 35.5 Å². The van der Waals surface area contributed by atoms with Gasteiger partial charge in [0.2, 0.25) is 0 Å². The van der Waals surface area contributed by atoms with Gasteiger partial charge in [0, 0.05) is 48.0 Å². The highest BCUT2D eigenvalue weighted by Gasteiger charge is 2.35. The number of hydrogen-bond acceptors (Lipinski definition) is 22. The molecule has 0 bridgehead atoms. The molecule has 0 N–H and O–H groups in total. The molecule has 5 rings (SSSR count). The summed E-state index contributed by atoms with van der Waals surface area (Å²) in [5.74, 6) is -9.46. The highest BCUT2D eigenvalue weighted by atomic mass is 16.6. The van der Waals surface area contributed by atoms with Crippen molar-refractivity contribution in [3.8, 4) is 11.5 Å². The number of hydrogen-bond donors (Lipinski definition) is 0. The summed E-state index contributed by atoms with van der Waals surface area (Å²) < 4.78 is 53.2. The largest absolute Gasteiger partial charge is 0.465 e. The van der Waals surface area contributed by atoms with Crippen molar-refractivity contribution >= 4 is 71.3 Å². The van der Waals surface area contributed by atoms with Crippen LogP contribution in [0.25, 0.3) is 0 Å². The van der Waals surface area contributed by atoms with Crippen LogP contribution in [0, 0.1) is 35.5 Å². The van der Waals surface area contributed by atoms with Gasteiger partial charge in [-0.25, -0.2) is 28.8 Å². The molecule has 0 aromatic heterocycles. The fraction of sp³-hybridized carbons (Fsp3) is 0.515. The molecule has 476 valence electrons. The molecule has 0 saturated heterocycles. The summed E-state index contributed by atoms with van der Waals surface area (Å²) in [6, 6.07) is 8.65.